The Morgan fingerprint density at radius 2 is 1.80 bits per heavy atom. The van der Waals surface area contributed by atoms with Gasteiger partial charge in [0, 0.05) is 47.6 Å². The number of carboxylic acids is 1. The summed E-state index contributed by atoms with van der Waals surface area (Å²) in [6.07, 6.45) is 3.52. The van der Waals surface area contributed by atoms with Gasteiger partial charge in [0.05, 0.1) is 17.9 Å². The number of aryl methyl sites for hydroxylation is 1. The van der Waals surface area contributed by atoms with E-state index in [4.69, 9.17) is 21.1 Å². The van der Waals surface area contributed by atoms with Crippen LogP contribution in [0, 0.1) is 12.3 Å². The maximum absolute atomic E-state index is 12.6. The average molecular weight is 565 g/mol. The lowest BCUT2D eigenvalue weighted by atomic mass is 9.82. The first-order valence-corrected chi connectivity index (χ1v) is 14.3. The second kappa shape index (κ2) is 12.2. The minimum absolute atomic E-state index is 0.247. The average Bonchev–Trinajstić information content (AvgIpc) is 2.87. The number of aromatic nitrogens is 1. The largest absolute Gasteiger partial charge is 0.493 e. The molecule has 1 fully saturated rings. The molecule has 0 saturated carbocycles. The third-order valence-corrected chi connectivity index (χ3v) is 7.63. The maximum atomic E-state index is 12.6. The second-order valence-corrected chi connectivity index (χ2v) is 12.8. The molecule has 0 radical (unpaired) electrons. The Hall–Kier alpha value is -3.09. The molecule has 0 aliphatic carbocycles. The van der Waals surface area contributed by atoms with Crippen LogP contribution >= 0.6 is 11.6 Å². The van der Waals surface area contributed by atoms with E-state index in [-0.39, 0.29) is 5.41 Å². The Bertz CT molecular complexity index is 1320. The number of benzene rings is 2. The molecule has 4 rings (SSSR count). The fourth-order valence-electron chi connectivity index (χ4n) is 5.11. The van der Waals surface area contributed by atoms with Gasteiger partial charge in [-0.25, -0.2) is 4.79 Å². The van der Waals surface area contributed by atoms with Crippen molar-refractivity contribution in [3.8, 4) is 16.9 Å². The van der Waals surface area contributed by atoms with Gasteiger partial charge in [-0.15, -0.1) is 0 Å². The van der Waals surface area contributed by atoms with Gasteiger partial charge < -0.3 is 19.5 Å². The van der Waals surface area contributed by atoms with Crippen molar-refractivity contribution in [1.82, 2.24) is 4.98 Å². The number of pyridine rings is 1. The number of nitrogens with zero attached hydrogens (tertiary/aromatic N) is 2. The van der Waals surface area contributed by atoms with Crippen molar-refractivity contribution < 1.29 is 19.4 Å². The number of aliphatic carboxylic acids is 1. The molecule has 1 aromatic heterocycles. The number of hydrogen-bond donors (Lipinski definition) is 1. The van der Waals surface area contributed by atoms with Gasteiger partial charge in [0.1, 0.15) is 5.75 Å². The monoisotopic (exact) mass is 564 g/mol. The molecule has 1 aliphatic rings. The molecule has 214 valence electrons. The van der Waals surface area contributed by atoms with E-state index in [1.807, 2.05) is 82.4 Å². The SMILES string of the molecule is Cc1ncc(-c2ccc(OCCc3cccc(Cl)c3)cc2)c(N2CCC(C)(C)CC2)c1C(OC(C)(C)C)C(=O)O. The normalized spacial score (nSPS) is 16.0. The summed E-state index contributed by atoms with van der Waals surface area (Å²) in [5, 5.41) is 11.0. The van der Waals surface area contributed by atoms with Crippen molar-refractivity contribution in [2.75, 3.05) is 24.6 Å². The van der Waals surface area contributed by atoms with Crippen LogP contribution in [0.2, 0.25) is 5.02 Å². The molecule has 1 unspecified atom stereocenters. The summed E-state index contributed by atoms with van der Waals surface area (Å²) in [6, 6.07) is 15.7. The Morgan fingerprint density at radius 3 is 2.40 bits per heavy atom. The van der Waals surface area contributed by atoms with Crippen molar-refractivity contribution in [3.05, 3.63) is 76.6 Å². The van der Waals surface area contributed by atoms with Gasteiger partial charge in [0.25, 0.3) is 0 Å². The first-order chi connectivity index (χ1) is 18.8. The Balaban J connectivity index is 1.67. The number of halogens is 1. The molecular formula is C33H41ClN2O4. The number of rotatable bonds is 9. The zero-order valence-electron chi connectivity index (χ0n) is 24.5. The van der Waals surface area contributed by atoms with Crippen molar-refractivity contribution in [1.29, 1.82) is 0 Å². The van der Waals surface area contributed by atoms with E-state index in [0.29, 0.717) is 17.9 Å². The van der Waals surface area contributed by atoms with Crippen molar-refractivity contribution in [2.45, 2.75) is 72.5 Å². The third kappa shape index (κ3) is 7.55. The Kier molecular flexibility index (Phi) is 9.11. The first kappa shape index (κ1) is 29.9. The van der Waals surface area contributed by atoms with E-state index < -0.39 is 17.7 Å². The summed E-state index contributed by atoms with van der Waals surface area (Å²) in [5.74, 6) is -0.245. The van der Waals surface area contributed by atoms with E-state index >= 15 is 0 Å². The lowest BCUT2D eigenvalue weighted by Crippen LogP contribution is -2.39. The molecule has 1 atom stereocenters. The number of anilines is 1. The summed E-state index contributed by atoms with van der Waals surface area (Å²) in [5.41, 5.74) is 4.78. The molecule has 7 heteroatoms. The minimum Gasteiger partial charge on any atom is -0.493 e. The lowest BCUT2D eigenvalue weighted by Gasteiger charge is -2.41. The smallest absolute Gasteiger partial charge is 0.337 e. The van der Waals surface area contributed by atoms with Gasteiger partial charge in [0.2, 0.25) is 0 Å². The quantitative estimate of drug-likeness (QED) is 0.285. The molecule has 1 saturated heterocycles. The van der Waals surface area contributed by atoms with Crippen LogP contribution in [0.5, 0.6) is 5.75 Å². The second-order valence-electron chi connectivity index (χ2n) is 12.4. The summed E-state index contributed by atoms with van der Waals surface area (Å²) in [7, 11) is 0. The zero-order valence-corrected chi connectivity index (χ0v) is 25.2. The van der Waals surface area contributed by atoms with Crippen LogP contribution in [-0.4, -0.2) is 41.4 Å². The number of ether oxygens (including phenoxy) is 2. The van der Waals surface area contributed by atoms with Gasteiger partial charge in [0.15, 0.2) is 6.10 Å². The fourth-order valence-corrected chi connectivity index (χ4v) is 5.32. The number of carbonyl (C=O) groups is 1. The van der Waals surface area contributed by atoms with Gasteiger partial charge in [-0.3, -0.25) is 4.98 Å². The topological polar surface area (TPSA) is 71.9 Å². The molecule has 0 bridgehead atoms. The minimum atomic E-state index is -1.13. The molecule has 2 heterocycles. The molecular weight excluding hydrogens is 524 g/mol. The van der Waals surface area contributed by atoms with Crippen molar-refractivity contribution in [2.24, 2.45) is 5.41 Å². The molecule has 0 amide bonds. The zero-order chi connectivity index (χ0) is 29.1. The highest BCUT2D eigenvalue weighted by Crippen LogP contribution is 2.43. The predicted octanol–water partition coefficient (Wildman–Crippen LogP) is 7.90. The fraction of sp³-hybridized carbons (Fsp3) is 0.455. The summed E-state index contributed by atoms with van der Waals surface area (Å²) >= 11 is 6.10. The highest BCUT2D eigenvalue weighted by molar-refractivity contribution is 6.30. The third-order valence-electron chi connectivity index (χ3n) is 7.39. The molecule has 1 aliphatic heterocycles. The van der Waals surface area contributed by atoms with E-state index in [0.717, 1.165) is 65.5 Å². The van der Waals surface area contributed by atoms with Crippen LogP contribution in [-0.2, 0) is 16.0 Å². The van der Waals surface area contributed by atoms with Crippen LogP contribution in [0.3, 0.4) is 0 Å². The Labute approximate surface area is 243 Å². The standard InChI is InChI=1S/C33H41ClN2O4/c1-22-28(30(31(37)38)40-32(2,3)4)29(36-17-15-33(5,6)16-18-36)27(21-35-22)24-10-12-26(13-11-24)39-19-14-23-8-7-9-25(34)20-23/h7-13,20-21,30H,14-19H2,1-6H3,(H,37,38). The summed E-state index contributed by atoms with van der Waals surface area (Å²) in [6.45, 7) is 14.3. The van der Waals surface area contributed by atoms with Crippen molar-refractivity contribution in [3.63, 3.8) is 0 Å². The van der Waals surface area contributed by atoms with Crippen molar-refractivity contribution >= 4 is 23.3 Å². The summed E-state index contributed by atoms with van der Waals surface area (Å²) in [4.78, 5) is 19.6. The highest BCUT2D eigenvalue weighted by atomic mass is 35.5. The molecule has 6 nitrogen and oxygen atoms in total. The summed E-state index contributed by atoms with van der Waals surface area (Å²) < 4.78 is 12.2. The molecule has 3 aromatic rings. The van der Waals surface area contributed by atoms with Crippen LogP contribution in [0.15, 0.2) is 54.7 Å². The highest BCUT2D eigenvalue weighted by Gasteiger charge is 2.35. The van der Waals surface area contributed by atoms with Gasteiger partial charge in [-0.1, -0.05) is 49.7 Å². The van der Waals surface area contributed by atoms with Crippen LogP contribution < -0.4 is 9.64 Å². The van der Waals surface area contributed by atoms with E-state index in [2.05, 4.69) is 23.7 Å². The molecule has 0 spiro atoms. The van der Waals surface area contributed by atoms with E-state index in [1.54, 1.807) is 0 Å². The van der Waals surface area contributed by atoms with Gasteiger partial charge in [-0.05, 0) is 81.3 Å². The molecule has 40 heavy (non-hydrogen) atoms. The molecule has 2 aromatic carbocycles. The maximum Gasteiger partial charge on any atom is 0.337 e. The van der Waals surface area contributed by atoms with Crippen LogP contribution in [0.25, 0.3) is 11.1 Å². The predicted molar refractivity (Wildman–Crippen MR) is 162 cm³/mol. The van der Waals surface area contributed by atoms with Crippen LogP contribution in [0.4, 0.5) is 5.69 Å². The number of hydrogen-bond acceptors (Lipinski definition) is 5. The van der Waals surface area contributed by atoms with Gasteiger partial charge >= 0.3 is 5.97 Å². The number of carboxylic acid groups (broad SMARTS) is 1. The van der Waals surface area contributed by atoms with Gasteiger partial charge in [-0.2, -0.15) is 0 Å². The van der Waals surface area contributed by atoms with E-state index in [9.17, 15) is 9.90 Å². The first-order valence-electron chi connectivity index (χ1n) is 14.0. The number of piperidine rings is 1. The molecule has 1 N–H and O–H groups in total. The lowest BCUT2D eigenvalue weighted by molar-refractivity contribution is -0.160. The van der Waals surface area contributed by atoms with Crippen LogP contribution in [0.1, 0.15) is 70.4 Å². The van der Waals surface area contributed by atoms with E-state index in [1.165, 1.54) is 0 Å². The Morgan fingerprint density at radius 1 is 1.12 bits per heavy atom.